The average Bonchev–Trinajstić information content (AvgIpc) is 2.48. The summed E-state index contributed by atoms with van der Waals surface area (Å²) in [6.45, 7) is 9.04. The second-order valence-corrected chi connectivity index (χ2v) is 6.89. The molecule has 23 heavy (non-hydrogen) atoms. The fourth-order valence-electron chi connectivity index (χ4n) is 2.13. The van der Waals surface area contributed by atoms with Gasteiger partial charge in [-0.05, 0) is 46.1 Å². The minimum Gasteiger partial charge on any atom is -0.444 e. The van der Waals surface area contributed by atoms with Gasteiger partial charge in [-0.2, -0.15) is 0 Å². The molecule has 0 fully saturated rings. The molecular formula is C19H31NO3. The standard InChI is InChI=1S/C19H31NO3/c1-16(22-15-17-12-8-5-9-13-17)11-7-6-10-14-20-18(21)23-19(2,3)4/h5,8-9,12-13,16H,6-7,10-11,14-15H2,1-4H3,(H,20,21)/t16-/m1/s1. The van der Waals surface area contributed by atoms with Gasteiger partial charge in [0.15, 0.2) is 0 Å². The van der Waals surface area contributed by atoms with Crippen LogP contribution in [0, 0.1) is 0 Å². The molecule has 0 saturated heterocycles. The molecule has 0 heterocycles. The quantitative estimate of drug-likeness (QED) is 0.672. The molecule has 1 N–H and O–H groups in total. The smallest absolute Gasteiger partial charge is 0.407 e. The predicted octanol–water partition coefficient (Wildman–Crippen LogP) is 4.68. The molecule has 0 aliphatic rings. The first-order valence-electron chi connectivity index (χ1n) is 8.49. The van der Waals surface area contributed by atoms with Crippen LogP contribution in [0.5, 0.6) is 0 Å². The summed E-state index contributed by atoms with van der Waals surface area (Å²) in [6, 6.07) is 10.2. The zero-order valence-electron chi connectivity index (χ0n) is 14.9. The molecule has 0 bridgehead atoms. The summed E-state index contributed by atoms with van der Waals surface area (Å²) in [4.78, 5) is 11.5. The van der Waals surface area contributed by atoms with Gasteiger partial charge < -0.3 is 14.8 Å². The number of hydrogen-bond donors (Lipinski definition) is 1. The van der Waals surface area contributed by atoms with Crippen molar-refractivity contribution in [1.29, 1.82) is 0 Å². The normalized spacial score (nSPS) is 12.7. The van der Waals surface area contributed by atoms with Gasteiger partial charge in [0.25, 0.3) is 0 Å². The molecule has 0 spiro atoms. The third kappa shape index (κ3) is 10.7. The highest BCUT2D eigenvalue weighted by atomic mass is 16.6. The van der Waals surface area contributed by atoms with E-state index in [-0.39, 0.29) is 12.2 Å². The lowest BCUT2D eigenvalue weighted by atomic mass is 10.1. The van der Waals surface area contributed by atoms with Gasteiger partial charge in [0.1, 0.15) is 5.60 Å². The highest BCUT2D eigenvalue weighted by Crippen LogP contribution is 2.10. The van der Waals surface area contributed by atoms with E-state index in [0.717, 1.165) is 25.7 Å². The van der Waals surface area contributed by atoms with Crippen molar-refractivity contribution in [3.63, 3.8) is 0 Å². The Morgan fingerprint density at radius 2 is 1.83 bits per heavy atom. The topological polar surface area (TPSA) is 47.6 Å². The monoisotopic (exact) mass is 321 g/mol. The molecule has 1 rings (SSSR count). The first-order valence-corrected chi connectivity index (χ1v) is 8.49. The third-order valence-corrected chi connectivity index (χ3v) is 3.33. The van der Waals surface area contributed by atoms with Gasteiger partial charge in [-0.15, -0.1) is 0 Å². The van der Waals surface area contributed by atoms with Gasteiger partial charge in [0.2, 0.25) is 0 Å². The summed E-state index contributed by atoms with van der Waals surface area (Å²) in [5.74, 6) is 0. The van der Waals surface area contributed by atoms with Crippen molar-refractivity contribution in [1.82, 2.24) is 5.32 Å². The van der Waals surface area contributed by atoms with E-state index in [1.54, 1.807) is 0 Å². The van der Waals surface area contributed by atoms with Crippen molar-refractivity contribution in [3.05, 3.63) is 35.9 Å². The highest BCUT2D eigenvalue weighted by molar-refractivity contribution is 5.67. The molecule has 4 heteroatoms. The maximum Gasteiger partial charge on any atom is 0.407 e. The van der Waals surface area contributed by atoms with E-state index in [0.29, 0.717) is 13.2 Å². The number of ether oxygens (including phenoxy) is 2. The Morgan fingerprint density at radius 1 is 1.13 bits per heavy atom. The number of amides is 1. The molecule has 0 saturated carbocycles. The summed E-state index contributed by atoms with van der Waals surface area (Å²) < 4.78 is 11.0. The Labute approximate surface area is 140 Å². The van der Waals surface area contributed by atoms with E-state index in [1.165, 1.54) is 5.56 Å². The van der Waals surface area contributed by atoms with Crippen LogP contribution in [0.15, 0.2) is 30.3 Å². The molecule has 1 aromatic rings. The third-order valence-electron chi connectivity index (χ3n) is 3.33. The number of hydrogen-bond acceptors (Lipinski definition) is 3. The maximum atomic E-state index is 11.5. The zero-order valence-corrected chi connectivity index (χ0v) is 14.9. The molecule has 4 nitrogen and oxygen atoms in total. The van der Waals surface area contributed by atoms with E-state index < -0.39 is 5.60 Å². The first-order chi connectivity index (χ1) is 10.9. The van der Waals surface area contributed by atoms with Crippen LogP contribution in [0.2, 0.25) is 0 Å². The molecule has 0 aliphatic carbocycles. The minimum absolute atomic E-state index is 0.258. The van der Waals surface area contributed by atoms with E-state index in [4.69, 9.17) is 9.47 Å². The van der Waals surface area contributed by atoms with Crippen LogP contribution < -0.4 is 5.32 Å². The number of carbonyl (C=O) groups excluding carboxylic acids is 1. The Morgan fingerprint density at radius 3 is 2.48 bits per heavy atom. The fraction of sp³-hybridized carbons (Fsp3) is 0.632. The van der Waals surface area contributed by atoms with Gasteiger partial charge in [-0.1, -0.05) is 43.2 Å². The van der Waals surface area contributed by atoms with Crippen LogP contribution in [-0.4, -0.2) is 24.3 Å². The molecule has 0 aliphatic heterocycles. The SMILES string of the molecule is C[C@H](CCCCCNC(=O)OC(C)(C)C)OCc1ccccc1. The van der Waals surface area contributed by atoms with Crippen LogP contribution in [0.25, 0.3) is 0 Å². The maximum absolute atomic E-state index is 11.5. The first kappa shape index (κ1) is 19.5. The number of rotatable bonds is 9. The second kappa shape index (κ2) is 10.3. The van der Waals surface area contributed by atoms with Crippen molar-refractivity contribution in [2.24, 2.45) is 0 Å². The predicted molar refractivity (Wildman–Crippen MR) is 93.4 cm³/mol. The molecule has 0 aromatic heterocycles. The van der Waals surface area contributed by atoms with Crippen LogP contribution in [-0.2, 0) is 16.1 Å². The largest absolute Gasteiger partial charge is 0.444 e. The fourth-order valence-corrected chi connectivity index (χ4v) is 2.13. The molecule has 0 unspecified atom stereocenters. The van der Waals surface area contributed by atoms with Crippen molar-refractivity contribution in [2.75, 3.05) is 6.54 Å². The molecular weight excluding hydrogens is 290 g/mol. The Kier molecular flexibility index (Phi) is 8.70. The van der Waals surface area contributed by atoms with Crippen molar-refractivity contribution in [2.45, 2.75) is 71.7 Å². The molecule has 130 valence electrons. The van der Waals surface area contributed by atoms with Gasteiger partial charge in [-0.3, -0.25) is 0 Å². The van der Waals surface area contributed by atoms with Crippen LogP contribution in [0.4, 0.5) is 4.79 Å². The number of unbranched alkanes of at least 4 members (excludes halogenated alkanes) is 2. The van der Waals surface area contributed by atoms with Gasteiger partial charge in [0, 0.05) is 6.54 Å². The average molecular weight is 321 g/mol. The summed E-state index contributed by atoms with van der Waals surface area (Å²) in [5, 5.41) is 2.78. The van der Waals surface area contributed by atoms with Gasteiger partial charge in [0.05, 0.1) is 12.7 Å². The van der Waals surface area contributed by atoms with Crippen molar-refractivity contribution >= 4 is 6.09 Å². The lowest BCUT2D eigenvalue weighted by Crippen LogP contribution is -2.33. The lowest BCUT2D eigenvalue weighted by molar-refractivity contribution is 0.0455. The zero-order chi connectivity index (χ0) is 17.1. The van der Waals surface area contributed by atoms with E-state index in [9.17, 15) is 4.79 Å². The number of carbonyl (C=O) groups is 1. The highest BCUT2D eigenvalue weighted by Gasteiger charge is 2.15. The lowest BCUT2D eigenvalue weighted by Gasteiger charge is -2.19. The summed E-state index contributed by atoms with van der Waals surface area (Å²) >= 11 is 0. The molecule has 1 aromatic carbocycles. The van der Waals surface area contributed by atoms with Crippen molar-refractivity contribution in [3.8, 4) is 0 Å². The second-order valence-electron chi connectivity index (χ2n) is 6.89. The molecule has 1 amide bonds. The summed E-state index contributed by atoms with van der Waals surface area (Å²) in [5.41, 5.74) is 0.774. The van der Waals surface area contributed by atoms with Crippen LogP contribution in [0.1, 0.15) is 58.9 Å². The van der Waals surface area contributed by atoms with Gasteiger partial charge in [-0.25, -0.2) is 4.79 Å². The molecule has 0 radical (unpaired) electrons. The van der Waals surface area contributed by atoms with Crippen LogP contribution >= 0.6 is 0 Å². The number of benzene rings is 1. The van der Waals surface area contributed by atoms with Crippen LogP contribution in [0.3, 0.4) is 0 Å². The number of nitrogens with one attached hydrogen (secondary N) is 1. The summed E-state index contributed by atoms with van der Waals surface area (Å²) in [6.07, 6.45) is 4.11. The van der Waals surface area contributed by atoms with E-state index in [1.807, 2.05) is 39.0 Å². The Bertz CT molecular complexity index is 440. The molecule has 1 atom stereocenters. The summed E-state index contributed by atoms with van der Waals surface area (Å²) in [7, 11) is 0. The van der Waals surface area contributed by atoms with Crippen molar-refractivity contribution < 1.29 is 14.3 Å². The van der Waals surface area contributed by atoms with E-state index >= 15 is 0 Å². The number of alkyl carbamates (subject to hydrolysis) is 1. The van der Waals surface area contributed by atoms with E-state index in [2.05, 4.69) is 24.4 Å². The van der Waals surface area contributed by atoms with Gasteiger partial charge >= 0.3 is 6.09 Å². The minimum atomic E-state index is -0.435. The Balaban J connectivity index is 1.99. The Hall–Kier alpha value is -1.55.